The average Bonchev–Trinajstić information content (AvgIpc) is 2.42. The first-order valence-electron chi connectivity index (χ1n) is 6.07. The molecular weight excluding hydrogens is 275 g/mol. The van der Waals surface area contributed by atoms with Crippen molar-refractivity contribution in [1.82, 2.24) is 4.90 Å². The van der Waals surface area contributed by atoms with Crippen LogP contribution in [0.15, 0.2) is 10.6 Å². The number of nitrogens with zero attached hydrogens (tertiary/aromatic N) is 1. The fourth-order valence-electron chi connectivity index (χ4n) is 2.30. The summed E-state index contributed by atoms with van der Waals surface area (Å²) in [5.74, 6) is -0.412. The van der Waals surface area contributed by atoms with E-state index in [2.05, 4.69) is 0 Å². The largest absolute Gasteiger partial charge is 0.368 e. The number of halogens is 2. The molecule has 0 radical (unpaired) electrons. The van der Waals surface area contributed by atoms with Gasteiger partial charge in [0.05, 0.1) is 0 Å². The Morgan fingerprint density at radius 3 is 2.78 bits per heavy atom. The molecule has 2 amide bonds. The number of hydrogen-bond acceptors (Lipinski definition) is 2. The highest BCUT2D eigenvalue weighted by molar-refractivity contribution is 6.55. The lowest BCUT2D eigenvalue weighted by atomic mass is 10.0. The van der Waals surface area contributed by atoms with E-state index in [1.165, 1.54) is 0 Å². The first-order chi connectivity index (χ1) is 8.45. The summed E-state index contributed by atoms with van der Waals surface area (Å²) in [4.78, 5) is 24.9. The van der Waals surface area contributed by atoms with Crippen LogP contribution in [-0.2, 0) is 9.59 Å². The Morgan fingerprint density at radius 2 is 2.28 bits per heavy atom. The van der Waals surface area contributed by atoms with Crippen LogP contribution in [0.2, 0.25) is 0 Å². The predicted octanol–water partition coefficient (Wildman–Crippen LogP) is 2.20. The van der Waals surface area contributed by atoms with Gasteiger partial charge in [0.2, 0.25) is 11.8 Å². The van der Waals surface area contributed by atoms with E-state index in [-0.39, 0.29) is 16.3 Å². The van der Waals surface area contributed by atoms with Crippen molar-refractivity contribution in [2.45, 2.75) is 38.6 Å². The Bertz CT molecular complexity index is 354. The van der Waals surface area contributed by atoms with E-state index in [1.807, 2.05) is 6.92 Å². The van der Waals surface area contributed by atoms with Crippen LogP contribution in [0.1, 0.15) is 32.6 Å². The highest BCUT2D eigenvalue weighted by Crippen LogP contribution is 2.24. The monoisotopic (exact) mass is 292 g/mol. The van der Waals surface area contributed by atoms with Gasteiger partial charge in [-0.05, 0) is 31.3 Å². The topological polar surface area (TPSA) is 63.4 Å². The molecule has 0 aromatic carbocycles. The molecule has 0 bridgehead atoms. The summed E-state index contributed by atoms with van der Waals surface area (Å²) in [6, 6.07) is -0.541. The van der Waals surface area contributed by atoms with Gasteiger partial charge in [-0.25, -0.2) is 0 Å². The molecule has 4 nitrogen and oxygen atoms in total. The molecule has 2 atom stereocenters. The highest BCUT2D eigenvalue weighted by atomic mass is 35.5. The van der Waals surface area contributed by atoms with E-state index in [0.29, 0.717) is 19.4 Å². The molecule has 0 spiro atoms. The van der Waals surface area contributed by atoms with Crippen molar-refractivity contribution in [3.05, 3.63) is 10.6 Å². The zero-order chi connectivity index (χ0) is 13.7. The van der Waals surface area contributed by atoms with Crippen LogP contribution in [0.25, 0.3) is 0 Å². The maximum atomic E-state index is 12.0. The quantitative estimate of drug-likeness (QED) is 0.863. The van der Waals surface area contributed by atoms with Crippen LogP contribution in [0.5, 0.6) is 0 Å². The van der Waals surface area contributed by atoms with Gasteiger partial charge in [-0.15, -0.1) is 0 Å². The van der Waals surface area contributed by atoms with Crippen molar-refractivity contribution in [3.8, 4) is 0 Å². The molecule has 102 valence electrons. The summed E-state index contributed by atoms with van der Waals surface area (Å²) in [7, 11) is 0. The summed E-state index contributed by atoms with van der Waals surface area (Å²) >= 11 is 11.3. The lowest BCUT2D eigenvalue weighted by Gasteiger charge is -2.29. The third kappa shape index (κ3) is 4.18. The zero-order valence-corrected chi connectivity index (χ0v) is 11.9. The van der Waals surface area contributed by atoms with Crippen LogP contribution >= 0.6 is 23.2 Å². The molecule has 6 heteroatoms. The van der Waals surface area contributed by atoms with Gasteiger partial charge in [0.1, 0.15) is 10.5 Å². The Kier molecular flexibility index (Phi) is 5.96. The van der Waals surface area contributed by atoms with E-state index in [0.717, 1.165) is 12.8 Å². The van der Waals surface area contributed by atoms with Gasteiger partial charge in [-0.1, -0.05) is 30.1 Å². The zero-order valence-electron chi connectivity index (χ0n) is 10.4. The van der Waals surface area contributed by atoms with E-state index >= 15 is 0 Å². The number of hydrogen-bond donors (Lipinski definition) is 1. The molecule has 0 aliphatic carbocycles. The molecule has 1 saturated heterocycles. The Morgan fingerprint density at radius 1 is 1.61 bits per heavy atom. The fraction of sp³-hybridized carbons (Fsp3) is 0.667. The van der Waals surface area contributed by atoms with Gasteiger partial charge in [0.25, 0.3) is 0 Å². The van der Waals surface area contributed by atoms with Crippen LogP contribution in [0, 0.1) is 5.92 Å². The Labute approximate surface area is 117 Å². The van der Waals surface area contributed by atoms with E-state index in [4.69, 9.17) is 28.9 Å². The molecule has 1 rings (SSSR count). The molecule has 0 aromatic rings. The number of carbonyl (C=O) groups excluding carboxylic acids is 2. The molecule has 1 fully saturated rings. The maximum absolute atomic E-state index is 12.0. The van der Waals surface area contributed by atoms with Crippen LogP contribution in [-0.4, -0.2) is 29.3 Å². The van der Waals surface area contributed by atoms with Crippen molar-refractivity contribution in [2.75, 3.05) is 6.54 Å². The molecule has 0 saturated carbocycles. The van der Waals surface area contributed by atoms with Crippen LogP contribution in [0.3, 0.4) is 0 Å². The Hall–Kier alpha value is -0.740. The van der Waals surface area contributed by atoms with Crippen molar-refractivity contribution in [3.63, 3.8) is 0 Å². The number of carbonyl (C=O) groups is 2. The van der Waals surface area contributed by atoms with Gasteiger partial charge in [0, 0.05) is 13.0 Å². The standard InChI is InChI=1S/C12H18Cl2N2O2/c1-2-9(12(15)18)16-7-8(6-10(13)14)4-3-5-11(16)17/h6,8-9H,2-5,7H2,1H3,(H2,15,18). The molecule has 0 aromatic heterocycles. The summed E-state index contributed by atoms with van der Waals surface area (Å²) in [6.45, 7) is 2.29. The summed E-state index contributed by atoms with van der Waals surface area (Å²) < 4.78 is 0.196. The van der Waals surface area contributed by atoms with Gasteiger partial charge < -0.3 is 10.6 Å². The number of likely N-dealkylation sites (tertiary alicyclic amines) is 1. The molecule has 18 heavy (non-hydrogen) atoms. The normalized spacial score (nSPS) is 22.3. The second-order valence-corrected chi connectivity index (χ2v) is 5.49. The fourth-order valence-corrected chi connectivity index (χ4v) is 2.65. The molecule has 1 aliphatic rings. The smallest absolute Gasteiger partial charge is 0.240 e. The average molecular weight is 293 g/mol. The van der Waals surface area contributed by atoms with Crippen LogP contribution in [0.4, 0.5) is 0 Å². The molecule has 1 heterocycles. The number of amides is 2. The third-order valence-corrected chi connectivity index (χ3v) is 3.42. The number of rotatable bonds is 4. The molecule has 2 N–H and O–H groups in total. The summed E-state index contributed by atoms with van der Waals surface area (Å²) in [5.41, 5.74) is 5.34. The highest BCUT2D eigenvalue weighted by Gasteiger charge is 2.30. The second kappa shape index (κ2) is 7.00. The lowest BCUT2D eigenvalue weighted by molar-refractivity contribution is -0.139. The van der Waals surface area contributed by atoms with Crippen LogP contribution < -0.4 is 5.73 Å². The molecular formula is C12H18Cl2N2O2. The SMILES string of the molecule is CCC(C(N)=O)N1CC(C=C(Cl)Cl)CCCC1=O. The summed E-state index contributed by atoms with van der Waals surface area (Å²) in [6.07, 6.45) is 4.29. The van der Waals surface area contributed by atoms with Crippen molar-refractivity contribution < 1.29 is 9.59 Å². The van der Waals surface area contributed by atoms with Crippen molar-refractivity contribution >= 4 is 35.0 Å². The summed E-state index contributed by atoms with van der Waals surface area (Å²) in [5, 5.41) is 0. The minimum absolute atomic E-state index is 0.0257. The lowest BCUT2D eigenvalue weighted by Crippen LogP contribution is -2.48. The maximum Gasteiger partial charge on any atom is 0.240 e. The van der Waals surface area contributed by atoms with Gasteiger partial charge in [0.15, 0.2) is 0 Å². The molecule has 1 aliphatic heterocycles. The first kappa shape index (κ1) is 15.3. The van der Waals surface area contributed by atoms with Gasteiger partial charge >= 0.3 is 0 Å². The van der Waals surface area contributed by atoms with E-state index < -0.39 is 11.9 Å². The molecule has 2 unspecified atom stereocenters. The minimum atomic E-state index is -0.541. The first-order valence-corrected chi connectivity index (χ1v) is 6.82. The Balaban J connectivity index is 2.88. The van der Waals surface area contributed by atoms with Gasteiger partial charge in [-0.2, -0.15) is 0 Å². The number of nitrogens with two attached hydrogens (primary N) is 1. The van der Waals surface area contributed by atoms with Crippen molar-refractivity contribution in [1.29, 1.82) is 0 Å². The van der Waals surface area contributed by atoms with Gasteiger partial charge in [-0.3, -0.25) is 9.59 Å². The van der Waals surface area contributed by atoms with E-state index in [9.17, 15) is 9.59 Å². The minimum Gasteiger partial charge on any atom is -0.368 e. The third-order valence-electron chi connectivity index (χ3n) is 3.17. The second-order valence-electron chi connectivity index (χ2n) is 4.48. The predicted molar refractivity (Wildman–Crippen MR) is 72.1 cm³/mol. The van der Waals surface area contributed by atoms with Crippen molar-refractivity contribution in [2.24, 2.45) is 11.7 Å². The number of primary amides is 1. The van der Waals surface area contributed by atoms with E-state index in [1.54, 1.807) is 11.0 Å².